The monoisotopic (exact) mass is 874 g/mol. The number of fused-ring (bicyclic) bond motifs is 1. The Bertz CT molecular complexity index is 2330. The highest BCUT2D eigenvalue weighted by atomic mass is 35.5. The van der Waals surface area contributed by atoms with Crippen LogP contribution in [0.2, 0.25) is 5.02 Å². The van der Waals surface area contributed by atoms with Crippen molar-refractivity contribution in [2.45, 2.75) is 89.1 Å². The van der Waals surface area contributed by atoms with Gasteiger partial charge in [-0.3, -0.25) is 29.3 Å². The SMILES string of the molecule is N[C@H]1CCCN(c2ccn3ncc(C(=O)Nc4cn(C5CCN(CC6CCC7(CC6)CCN(C(=O)c6ccc(Cl)c(N8CCC(=O)NC8=O)c6)CC7)CC5)nc4C(F)F)c3n2)C1. The number of rotatable bonds is 9. The molecule has 0 radical (unpaired) electrons. The lowest BCUT2D eigenvalue weighted by atomic mass is 9.65. The largest absolute Gasteiger partial charge is 0.355 e. The van der Waals surface area contributed by atoms with Crippen molar-refractivity contribution in [3.8, 4) is 0 Å². The summed E-state index contributed by atoms with van der Waals surface area (Å²) < 4.78 is 31.7. The van der Waals surface area contributed by atoms with Crippen LogP contribution in [0.15, 0.2) is 42.9 Å². The molecule has 4 saturated heterocycles. The Kier molecular flexibility index (Phi) is 11.9. The number of carbonyl (C=O) groups excluding carboxylic acids is 4. The van der Waals surface area contributed by atoms with Gasteiger partial charge in [0.2, 0.25) is 5.91 Å². The molecule has 1 aromatic carbocycles. The first-order chi connectivity index (χ1) is 29.9. The van der Waals surface area contributed by atoms with E-state index in [4.69, 9.17) is 22.3 Å². The molecule has 4 aliphatic heterocycles. The number of hydrogen-bond acceptors (Lipinski definition) is 10. The Hall–Kier alpha value is -5.20. The standard InChI is InChI=1S/C43H53ClF2N12O4/c44-32-4-3-28(22-34(32)56-18-10-36(59)51-42(56)62)41(61)54-20-13-43(14-21-54)11-5-27(6-12-43)24-53-16-7-30(8-17-53)58-26-33(37(52-58)38(45)46)49-40(60)31-23-48-57-19-9-35(50-39(31)57)55-15-1-2-29(47)25-55/h3-4,9,19,22-23,26-27,29-30,38H,1-2,5-8,10-18,20-21,24-25,47H2,(H,49,60)(H,51,59,62)/t29-/m0/s1. The van der Waals surface area contributed by atoms with Crippen LogP contribution in [0.3, 0.4) is 0 Å². The second-order valence-electron chi connectivity index (χ2n) is 17.8. The molecule has 5 amide bonds. The van der Waals surface area contributed by atoms with Gasteiger partial charge in [-0.15, -0.1) is 0 Å². The number of amides is 5. The summed E-state index contributed by atoms with van der Waals surface area (Å²) in [5.74, 6) is 0.266. The van der Waals surface area contributed by atoms with Crippen molar-refractivity contribution in [3.63, 3.8) is 0 Å². The van der Waals surface area contributed by atoms with Crippen molar-refractivity contribution in [3.05, 3.63) is 64.7 Å². The number of nitrogens with two attached hydrogens (primary N) is 1. The van der Waals surface area contributed by atoms with Crippen LogP contribution in [0, 0.1) is 11.3 Å². The maximum absolute atomic E-state index is 14.3. The third-order valence-corrected chi connectivity index (χ3v) is 14.2. The summed E-state index contributed by atoms with van der Waals surface area (Å²) in [5.41, 5.74) is 7.34. The number of hydrogen-bond donors (Lipinski definition) is 3. The highest BCUT2D eigenvalue weighted by Gasteiger charge is 2.40. The molecular formula is C43H53ClF2N12O4. The zero-order chi connectivity index (χ0) is 43.1. The summed E-state index contributed by atoms with van der Waals surface area (Å²) in [6, 6.07) is 6.24. The quantitative estimate of drug-likeness (QED) is 0.184. The second kappa shape index (κ2) is 17.5. The van der Waals surface area contributed by atoms with E-state index in [1.165, 1.54) is 21.8 Å². The molecule has 16 nitrogen and oxygen atoms in total. The summed E-state index contributed by atoms with van der Waals surface area (Å²) in [5, 5.41) is 13.9. The molecule has 4 N–H and O–H groups in total. The van der Waals surface area contributed by atoms with Crippen LogP contribution in [0.25, 0.3) is 5.65 Å². The molecule has 1 saturated carbocycles. The zero-order valence-electron chi connectivity index (χ0n) is 34.7. The third kappa shape index (κ3) is 8.73. The molecule has 3 aromatic heterocycles. The number of nitrogens with one attached hydrogen (secondary N) is 2. The Morgan fingerprint density at radius 2 is 1.76 bits per heavy atom. The Morgan fingerprint density at radius 3 is 2.48 bits per heavy atom. The van der Waals surface area contributed by atoms with Gasteiger partial charge in [0.1, 0.15) is 11.4 Å². The van der Waals surface area contributed by atoms with E-state index in [-0.39, 0.29) is 53.5 Å². The summed E-state index contributed by atoms with van der Waals surface area (Å²) >= 11 is 6.42. The van der Waals surface area contributed by atoms with E-state index in [1.807, 2.05) is 11.0 Å². The van der Waals surface area contributed by atoms with Gasteiger partial charge in [-0.2, -0.15) is 10.2 Å². The molecule has 5 aliphatic rings. The number of carbonyl (C=O) groups is 4. The van der Waals surface area contributed by atoms with Crippen molar-refractivity contribution in [1.29, 1.82) is 0 Å². The first-order valence-corrected chi connectivity index (χ1v) is 22.3. The Balaban J connectivity index is 0.751. The van der Waals surface area contributed by atoms with Crippen molar-refractivity contribution in [1.82, 2.24) is 39.5 Å². The lowest BCUT2D eigenvalue weighted by Crippen LogP contribution is -2.49. The molecule has 4 aromatic rings. The van der Waals surface area contributed by atoms with Crippen LogP contribution in [-0.4, -0.2) is 116 Å². The fourth-order valence-corrected chi connectivity index (χ4v) is 10.4. The van der Waals surface area contributed by atoms with E-state index < -0.39 is 24.1 Å². The molecular weight excluding hydrogens is 822 g/mol. The summed E-state index contributed by atoms with van der Waals surface area (Å²) in [6.45, 7) is 5.68. The minimum absolute atomic E-state index is 0.0154. The third-order valence-electron chi connectivity index (χ3n) is 13.9. The number of imide groups is 1. The van der Waals surface area contributed by atoms with E-state index in [2.05, 4.69) is 30.6 Å². The van der Waals surface area contributed by atoms with E-state index in [1.54, 1.807) is 29.1 Å². The first-order valence-electron chi connectivity index (χ1n) is 21.9. The normalized spacial score (nSPS) is 21.9. The van der Waals surface area contributed by atoms with Crippen LogP contribution in [0.4, 0.5) is 30.8 Å². The smallest absolute Gasteiger partial charge is 0.328 e. The average molecular weight is 875 g/mol. The fourth-order valence-electron chi connectivity index (χ4n) is 10.2. The van der Waals surface area contributed by atoms with Gasteiger partial charge in [-0.05, 0) is 99.8 Å². The molecule has 1 aliphatic carbocycles. The molecule has 1 atom stereocenters. The highest BCUT2D eigenvalue weighted by Crippen LogP contribution is 2.47. The van der Waals surface area contributed by atoms with Crippen LogP contribution in [0.1, 0.15) is 110 Å². The molecule has 1 spiro atoms. The topological polar surface area (TPSA) is 179 Å². The van der Waals surface area contributed by atoms with Gasteiger partial charge in [0.25, 0.3) is 18.2 Å². The van der Waals surface area contributed by atoms with Crippen LogP contribution in [0.5, 0.6) is 0 Å². The summed E-state index contributed by atoms with van der Waals surface area (Å²) in [6.07, 6.45) is 11.8. The number of likely N-dealkylation sites (tertiary alicyclic amines) is 2. The van der Waals surface area contributed by atoms with Gasteiger partial charge >= 0.3 is 6.03 Å². The second-order valence-corrected chi connectivity index (χ2v) is 18.2. The van der Waals surface area contributed by atoms with E-state index in [9.17, 15) is 28.0 Å². The lowest BCUT2D eigenvalue weighted by molar-refractivity contribution is -0.120. The van der Waals surface area contributed by atoms with Crippen molar-refractivity contribution < 1.29 is 28.0 Å². The van der Waals surface area contributed by atoms with Crippen molar-refractivity contribution in [2.75, 3.05) is 67.5 Å². The molecule has 5 fully saturated rings. The average Bonchev–Trinajstić information content (AvgIpc) is 3.90. The van der Waals surface area contributed by atoms with Gasteiger partial charge in [-0.1, -0.05) is 11.6 Å². The van der Waals surface area contributed by atoms with Gasteiger partial charge in [0.05, 0.1) is 28.6 Å². The van der Waals surface area contributed by atoms with E-state index in [0.29, 0.717) is 53.3 Å². The van der Waals surface area contributed by atoms with Gasteiger partial charge in [-0.25, -0.2) is 23.1 Å². The molecule has 9 rings (SSSR count). The number of anilines is 3. The van der Waals surface area contributed by atoms with E-state index in [0.717, 1.165) is 90.4 Å². The highest BCUT2D eigenvalue weighted by molar-refractivity contribution is 6.34. The lowest BCUT2D eigenvalue weighted by Gasteiger charge is -2.47. The fraction of sp³-hybridized carbons (Fsp3) is 0.558. The maximum Gasteiger partial charge on any atom is 0.328 e. The Morgan fingerprint density at radius 1 is 0.984 bits per heavy atom. The number of nitrogens with zero attached hydrogens (tertiary/aromatic N) is 9. The first kappa shape index (κ1) is 42.1. The molecule has 0 unspecified atom stereocenters. The summed E-state index contributed by atoms with van der Waals surface area (Å²) in [7, 11) is 0. The Labute approximate surface area is 363 Å². The maximum atomic E-state index is 14.3. The van der Waals surface area contributed by atoms with Gasteiger partial charge < -0.3 is 25.8 Å². The van der Waals surface area contributed by atoms with E-state index >= 15 is 0 Å². The van der Waals surface area contributed by atoms with Crippen LogP contribution >= 0.6 is 11.6 Å². The van der Waals surface area contributed by atoms with Crippen molar-refractivity contribution in [2.24, 2.45) is 17.1 Å². The molecule has 62 heavy (non-hydrogen) atoms. The van der Waals surface area contributed by atoms with Crippen LogP contribution in [-0.2, 0) is 4.79 Å². The molecule has 330 valence electrons. The number of urea groups is 1. The number of benzene rings is 1. The number of alkyl halides is 2. The number of aromatic nitrogens is 5. The predicted molar refractivity (Wildman–Crippen MR) is 229 cm³/mol. The van der Waals surface area contributed by atoms with Crippen molar-refractivity contribution >= 4 is 58.2 Å². The zero-order valence-corrected chi connectivity index (χ0v) is 35.4. The predicted octanol–water partition coefficient (Wildman–Crippen LogP) is 5.89. The summed E-state index contributed by atoms with van der Waals surface area (Å²) in [4.78, 5) is 63.8. The number of piperidine rings is 3. The minimum Gasteiger partial charge on any atom is -0.355 e. The molecule has 0 bridgehead atoms. The van der Waals surface area contributed by atoms with Crippen LogP contribution < -0.4 is 26.2 Å². The van der Waals surface area contributed by atoms with Gasteiger partial charge in [0.15, 0.2) is 11.3 Å². The molecule has 19 heteroatoms. The van der Waals surface area contributed by atoms with Gasteiger partial charge in [0, 0.05) is 82.8 Å². The number of halogens is 3. The minimum atomic E-state index is -2.87. The molecule has 7 heterocycles.